The summed E-state index contributed by atoms with van der Waals surface area (Å²) < 4.78 is 36.9. The maximum atomic E-state index is 13.1. The highest BCUT2D eigenvalue weighted by molar-refractivity contribution is 7.07. The number of methoxy groups -OCH3 is 1. The van der Waals surface area contributed by atoms with Gasteiger partial charge in [-0.3, -0.25) is 4.79 Å². The number of nitrogens with one attached hydrogen (secondary N) is 1. The number of nitrogens with two attached hydrogens (primary N) is 1. The van der Waals surface area contributed by atoms with Crippen LogP contribution in [0.5, 0.6) is 11.5 Å². The van der Waals surface area contributed by atoms with Gasteiger partial charge in [-0.15, -0.1) is 11.3 Å². The van der Waals surface area contributed by atoms with Crippen LogP contribution in [0.15, 0.2) is 29.1 Å². The zero-order chi connectivity index (χ0) is 17.6. The molecule has 24 heavy (non-hydrogen) atoms. The lowest BCUT2D eigenvalue weighted by Crippen LogP contribution is -2.41. The van der Waals surface area contributed by atoms with Crippen LogP contribution in [0.3, 0.4) is 0 Å². The molecule has 6 nitrogen and oxygen atoms in total. The summed E-state index contributed by atoms with van der Waals surface area (Å²) in [6, 6.07) is 4.43. The van der Waals surface area contributed by atoms with E-state index in [1.165, 1.54) is 30.6 Å². The maximum Gasteiger partial charge on any atom is 0.277 e. The molecule has 0 aliphatic rings. The van der Waals surface area contributed by atoms with Crippen molar-refractivity contribution in [2.75, 3.05) is 20.2 Å². The van der Waals surface area contributed by atoms with Gasteiger partial charge in [0.25, 0.3) is 11.8 Å². The van der Waals surface area contributed by atoms with E-state index in [2.05, 4.69) is 10.3 Å². The summed E-state index contributed by atoms with van der Waals surface area (Å²) in [7, 11) is 1.43. The first-order valence-electron chi connectivity index (χ1n) is 6.99. The number of hydrogen-bond donors (Lipinski definition) is 2. The van der Waals surface area contributed by atoms with E-state index in [1.54, 1.807) is 11.6 Å². The first-order valence-corrected chi connectivity index (χ1v) is 7.93. The Balaban J connectivity index is 2.03. The van der Waals surface area contributed by atoms with Crippen LogP contribution in [0.4, 0.5) is 8.78 Å². The Morgan fingerprint density at radius 2 is 2.21 bits per heavy atom. The number of rotatable bonds is 8. The SMILES string of the molecule is COc1cc(C(=O)NCC(F)(F)CN)ccc1OCc1cscn1. The van der Waals surface area contributed by atoms with Gasteiger partial charge in [0.15, 0.2) is 11.5 Å². The highest BCUT2D eigenvalue weighted by Gasteiger charge is 2.27. The van der Waals surface area contributed by atoms with Crippen LogP contribution >= 0.6 is 11.3 Å². The standard InChI is InChI=1S/C15H17F2N3O3S/c1-22-13-4-10(14(21)19-8-15(16,17)7-18)2-3-12(13)23-5-11-6-24-9-20-11/h2-4,6,9H,5,7-8,18H2,1H3,(H,19,21). The highest BCUT2D eigenvalue weighted by Crippen LogP contribution is 2.29. The predicted octanol–water partition coefficient (Wildman–Crippen LogP) is 2.05. The smallest absolute Gasteiger partial charge is 0.277 e. The first kappa shape index (κ1) is 18.1. The summed E-state index contributed by atoms with van der Waals surface area (Å²) in [6.45, 7) is -1.40. The normalized spacial score (nSPS) is 11.2. The molecule has 3 N–H and O–H groups in total. The molecule has 9 heteroatoms. The molecule has 0 radical (unpaired) electrons. The number of ether oxygens (including phenoxy) is 2. The van der Waals surface area contributed by atoms with Gasteiger partial charge in [0.05, 0.1) is 31.4 Å². The predicted molar refractivity (Wildman–Crippen MR) is 85.8 cm³/mol. The van der Waals surface area contributed by atoms with Crippen molar-refractivity contribution in [2.24, 2.45) is 5.73 Å². The van der Waals surface area contributed by atoms with E-state index in [1.807, 2.05) is 5.38 Å². The number of amides is 1. The van der Waals surface area contributed by atoms with E-state index in [0.29, 0.717) is 11.5 Å². The number of carbonyl (C=O) groups excluding carboxylic acids is 1. The fourth-order valence-corrected chi connectivity index (χ4v) is 2.32. The number of alkyl halides is 2. The summed E-state index contributed by atoms with van der Waals surface area (Å²) in [5, 5.41) is 3.99. The third-order valence-electron chi connectivity index (χ3n) is 3.09. The van der Waals surface area contributed by atoms with E-state index in [-0.39, 0.29) is 12.2 Å². The first-order chi connectivity index (χ1) is 11.4. The van der Waals surface area contributed by atoms with Crippen LogP contribution in [0.1, 0.15) is 16.1 Å². The lowest BCUT2D eigenvalue weighted by Gasteiger charge is -2.15. The zero-order valence-corrected chi connectivity index (χ0v) is 13.7. The zero-order valence-electron chi connectivity index (χ0n) is 12.9. The maximum absolute atomic E-state index is 13.1. The molecule has 130 valence electrons. The average Bonchev–Trinajstić information content (AvgIpc) is 3.11. The van der Waals surface area contributed by atoms with Crippen LogP contribution in [0, 0.1) is 0 Å². The number of aromatic nitrogens is 1. The molecule has 2 rings (SSSR count). The molecule has 1 aromatic carbocycles. The molecule has 2 aromatic rings. The van der Waals surface area contributed by atoms with Gasteiger partial charge in [0.2, 0.25) is 0 Å². The van der Waals surface area contributed by atoms with Crippen molar-refractivity contribution >= 4 is 17.2 Å². The third-order valence-corrected chi connectivity index (χ3v) is 3.73. The van der Waals surface area contributed by atoms with Crippen LogP contribution in [0.25, 0.3) is 0 Å². The molecule has 0 aliphatic carbocycles. The van der Waals surface area contributed by atoms with Crippen molar-refractivity contribution < 1.29 is 23.0 Å². The van der Waals surface area contributed by atoms with Crippen LogP contribution in [-0.4, -0.2) is 37.0 Å². The number of nitrogens with zero attached hydrogens (tertiary/aromatic N) is 1. The molecule has 0 atom stereocenters. The monoisotopic (exact) mass is 357 g/mol. The summed E-state index contributed by atoms with van der Waals surface area (Å²) in [6.07, 6.45) is 0. The molecule has 1 aromatic heterocycles. The molecular formula is C15H17F2N3O3S. The second-order valence-corrected chi connectivity index (χ2v) is 5.60. The minimum absolute atomic E-state index is 0.181. The Morgan fingerprint density at radius 1 is 1.42 bits per heavy atom. The van der Waals surface area contributed by atoms with Gasteiger partial charge in [-0.1, -0.05) is 0 Å². The van der Waals surface area contributed by atoms with E-state index >= 15 is 0 Å². The Kier molecular flexibility index (Phi) is 6.04. The van der Waals surface area contributed by atoms with E-state index in [0.717, 1.165) is 5.69 Å². The van der Waals surface area contributed by atoms with Crippen molar-refractivity contribution in [3.05, 3.63) is 40.3 Å². The Morgan fingerprint density at radius 3 is 2.83 bits per heavy atom. The molecule has 0 saturated carbocycles. The second kappa shape index (κ2) is 8.02. The number of benzene rings is 1. The largest absolute Gasteiger partial charge is 0.493 e. The van der Waals surface area contributed by atoms with Crippen molar-refractivity contribution in [3.8, 4) is 11.5 Å². The Labute approximate surface area is 141 Å². The number of hydrogen-bond acceptors (Lipinski definition) is 6. The molecule has 0 bridgehead atoms. The lowest BCUT2D eigenvalue weighted by atomic mass is 10.2. The van der Waals surface area contributed by atoms with Gasteiger partial charge >= 0.3 is 0 Å². The van der Waals surface area contributed by atoms with Crippen LogP contribution in [-0.2, 0) is 6.61 Å². The van der Waals surface area contributed by atoms with Gasteiger partial charge in [-0.2, -0.15) is 0 Å². The number of halogens is 2. The minimum atomic E-state index is -3.14. The Hall–Kier alpha value is -2.26. The molecular weight excluding hydrogens is 340 g/mol. The van der Waals surface area contributed by atoms with Gasteiger partial charge in [0.1, 0.15) is 6.61 Å². The Bertz CT molecular complexity index is 681. The minimum Gasteiger partial charge on any atom is -0.493 e. The number of carbonyl (C=O) groups is 1. The van der Waals surface area contributed by atoms with Crippen molar-refractivity contribution in [3.63, 3.8) is 0 Å². The summed E-state index contributed by atoms with van der Waals surface area (Å²) >= 11 is 1.45. The topological polar surface area (TPSA) is 86.5 Å². The molecule has 0 spiro atoms. The van der Waals surface area contributed by atoms with E-state index in [4.69, 9.17) is 15.2 Å². The van der Waals surface area contributed by atoms with Gasteiger partial charge in [-0.05, 0) is 18.2 Å². The van der Waals surface area contributed by atoms with Crippen LogP contribution < -0.4 is 20.5 Å². The number of thiazole rings is 1. The lowest BCUT2D eigenvalue weighted by molar-refractivity contribution is 0.0118. The summed E-state index contributed by atoms with van der Waals surface area (Å²) in [4.78, 5) is 16.0. The average molecular weight is 357 g/mol. The summed E-state index contributed by atoms with van der Waals surface area (Å²) in [5.74, 6) is -3.04. The van der Waals surface area contributed by atoms with Crippen molar-refractivity contribution in [2.45, 2.75) is 12.5 Å². The van der Waals surface area contributed by atoms with Crippen LogP contribution in [0.2, 0.25) is 0 Å². The fourth-order valence-electron chi connectivity index (χ4n) is 1.77. The molecule has 0 aliphatic heterocycles. The highest BCUT2D eigenvalue weighted by atomic mass is 32.1. The summed E-state index contributed by atoms with van der Waals surface area (Å²) in [5.41, 5.74) is 7.58. The molecule has 0 unspecified atom stereocenters. The fraction of sp³-hybridized carbons (Fsp3) is 0.333. The quantitative estimate of drug-likeness (QED) is 0.755. The van der Waals surface area contributed by atoms with E-state index < -0.39 is 24.9 Å². The molecule has 1 heterocycles. The van der Waals surface area contributed by atoms with Crippen molar-refractivity contribution in [1.29, 1.82) is 0 Å². The van der Waals surface area contributed by atoms with Gasteiger partial charge in [-0.25, -0.2) is 13.8 Å². The van der Waals surface area contributed by atoms with Gasteiger partial charge in [0, 0.05) is 10.9 Å². The van der Waals surface area contributed by atoms with E-state index in [9.17, 15) is 13.6 Å². The van der Waals surface area contributed by atoms with Gasteiger partial charge < -0.3 is 20.5 Å². The second-order valence-electron chi connectivity index (χ2n) is 4.88. The molecule has 1 amide bonds. The third kappa shape index (κ3) is 4.87. The van der Waals surface area contributed by atoms with Crippen molar-refractivity contribution in [1.82, 2.24) is 10.3 Å². The molecule has 0 saturated heterocycles. The molecule has 0 fully saturated rings.